The highest BCUT2D eigenvalue weighted by Gasteiger charge is 2.29. The van der Waals surface area contributed by atoms with Crippen molar-refractivity contribution < 1.29 is 32.3 Å². The highest BCUT2D eigenvalue weighted by atomic mass is 32.2. The fourth-order valence-corrected chi connectivity index (χ4v) is 2.97. The van der Waals surface area contributed by atoms with Crippen LogP contribution in [0.3, 0.4) is 0 Å². The van der Waals surface area contributed by atoms with Gasteiger partial charge in [0.1, 0.15) is 18.3 Å². The third-order valence-electron chi connectivity index (χ3n) is 3.67. The number of nitro benzene ring substituents is 1. The van der Waals surface area contributed by atoms with Crippen molar-refractivity contribution in [1.29, 1.82) is 0 Å². The minimum absolute atomic E-state index is 0.0745. The largest absolute Gasteiger partial charge is 0.484 e. The minimum Gasteiger partial charge on any atom is -0.484 e. The van der Waals surface area contributed by atoms with Crippen molar-refractivity contribution >= 4 is 21.8 Å². The van der Waals surface area contributed by atoms with Crippen molar-refractivity contribution in [2.75, 3.05) is 26.3 Å². The molecule has 1 aliphatic heterocycles. The average molecular weight is 417 g/mol. The first kappa shape index (κ1) is 21.9. The van der Waals surface area contributed by atoms with Gasteiger partial charge in [0.15, 0.2) is 5.75 Å². The Bertz CT molecular complexity index is 850. The molecular weight excluding hydrogens is 394 g/mol. The van der Waals surface area contributed by atoms with E-state index >= 15 is 0 Å². The molecule has 1 aromatic rings. The van der Waals surface area contributed by atoms with E-state index in [0.717, 1.165) is 18.2 Å². The monoisotopic (exact) mass is 417 g/mol. The predicted octanol–water partition coefficient (Wildman–Crippen LogP) is 1.26. The van der Waals surface area contributed by atoms with Crippen LogP contribution < -0.4 is 9.88 Å². The molecule has 1 amide bonds. The van der Waals surface area contributed by atoms with Crippen LogP contribution in [0.15, 0.2) is 23.1 Å². The first-order valence-electron chi connectivity index (χ1n) is 8.40. The highest BCUT2D eigenvalue weighted by Crippen LogP contribution is 2.29. The maximum absolute atomic E-state index is 12.2. The van der Waals surface area contributed by atoms with Gasteiger partial charge in [-0.15, -0.1) is 0 Å². The summed E-state index contributed by atoms with van der Waals surface area (Å²) in [4.78, 5) is 23.7. The fourth-order valence-electron chi connectivity index (χ4n) is 2.43. The molecule has 1 unspecified atom stereocenters. The third kappa shape index (κ3) is 6.04. The SMILES string of the molecule is CC(C)(C)OC(=O)N1CCOC(COc2ccc(S(N)(=O)=O)cc2[N+](=O)[O-])C1. The molecule has 1 aliphatic rings. The summed E-state index contributed by atoms with van der Waals surface area (Å²) in [5, 5.41) is 16.2. The maximum Gasteiger partial charge on any atom is 0.410 e. The van der Waals surface area contributed by atoms with E-state index in [9.17, 15) is 23.3 Å². The molecule has 0 bridgehead atoms. The van der Waals surface area contributed by atoms with Crippen LogP contribution >= 0.6 is 0 Å². The highest BCUT2D eigenvalue weighted by molar-refractivity contribution is 7.89. The van der Waals surface area contributed by atoms with Gasteiger partial charge in [-0.05, 0) is 32.9 Å². The number of primary sulfonamides is 1. The summed E-state index contributed by atoms with van der Waals surface area (Å²) in [6.07, 6.45) is -1.01. The van der Waals surface area contributed by atoms with Gasteiger partial charge in [-0.1, -0.05) is 0 Å². The molecule has 11 nitrogen and oxygen atoms in total. The number of nitrogens with zero attached hydrogens (tertiary/aromatic N) is 2. The number of nitro groups is 1. The summed E-state index contributed by atoms with van der Waals surface area (Å²) >= 11 is 0. The molecule has 1 heterocycles. The number of hydrogen-bond donors (Lipinski definition) is 1. The molecule has 156 valence electrons. The smallest absolute Gasteiger partial charge is 0.410 e. The Balaban J connectivity index is 2.05. The normalized spacial score (nSPS) is 17.9. The number of hydrogen-bond acceptors (Lipinski definition) is 8. The Hall–Kier alpha value is -2.44. The molecule has 0 saturated carbocycles. The second-order valence-electron chi connectivity index (χ2n) is 7.16. The van der Waals surface area contributed by atoms with Crippen molar-refractivity contribution in [1.82, 2.24) is 4.90 Å². The van der Waals surface area contributed by atoms with Crippen LogP contribution in [0.1, 0.15) is 20.8 Å². The zero-order valence-corrected chi connectivity index (χ0v) is 16.6. The Morgan fingerprint density at radius 2 is 2.11 bits per heavy atom. The van der Waals surface area contributed by atoms with Crippen molar-refractivity contribution in [2.24, 2.45) is 5.14 Å². The van der Waals surface area contributed by atoms with E-state index in [-0.39, 0.29) is 25.5 Å². The molecule has 1 saturated heterocycles. The molecule has 2 rings (SSSR count). The number of rotatable bonds is 5. The van der Waals surface area contributed by atoms with E-state index in [4.69, 9.17) is 19.3 Å². The Morgan fingerprint density at radius 3 is 2.68 bits per heavy atom. The van der Waals surface area contributed by atoms with Crippen LogP contribution in [-0.2, 0) is 19.5 Å². The summed E-state index contributed by atoms with van der Waals surface area (Å²) in [7, 11) is -4.09. The van der Waals surface area contributed by atoms with E-state index in [1.807, 2.05) is 0 Å². The number of benzene rings is 1. The van der Waals surface area contributed by atoms with Crippen molar-refractivity contribution in [3.05, 3.63) is 28.3 Å². The lowest BCUT2D eigenvalue weighted by atomic mass is 10.2. The number of nitrogens with two attached hydrogens (primary N) is 1. The molecular formula is C16H23N3O8S. The van der Waals surface area contributed by atoms with Gasteiger partial charge >= 0.3 is 11.8 Å². The summed E-state index contributed by atoms with van der Waals surface area (Å²) < 4.78 is 39.0. The van der Waals surface area contributed by atoms with Crippen LogP contribution in [0.5, 0.6) is 5.75 Å². The lowest BCUT2D eigenvalue weighted by Gasteiger charge is -2.34. The molecule has 1 fully saturated rings. The molecule has 0 spiro atoms. The summed E-state index contributed by atoms with van der Waals surface area (Å²) in [6.45, 7) is 6.02. The first-order chi connectivity index (χ1) is 12.9. The molecule has 28 heavy (non-hydrogen) atoms. The van der Waals surface area contributed by atoms with E-state index in [2.05, 4.69) is 0 Å². The van der Waals surface area contributed by atoms with Gasteiger partial charge in [0, 0.05) is 12.6 Å². The maximum atomic E-state index is 12.2. The third-order valence-corrected chi connectivity index (χ3v) is 4.58. The van der Waals surface area contributed by atoms with Crippen molar-refractivity contribution in [3.63, 3.8) is 0 Å². The van der Waals surface area contributed by atoms with E-state index in [0.29, 0.717) is 6.54 Å². The van der Waals surface area contributed by atoms with Crippen LogP contribution in [0.25, 0.3) is 0 Å². The Morgan fingerprint density at radius 1 is 1.43 bits per heavy atom. The van der Waals surface area contributed by atoms with Crippen LogP contribution in [0.4, 0.5) is 10.5 Å². The quantitative estimate of drug-likeness (QED) is 0.555. The lowest BCUT2D eigenvalue weighted by molar-refractivity contribution is -0.386. The number of amides is 1. The molecule has 0 aliphatic carbocycles. The summed E-state index contributed by atoms with van der Waals surface area (Å²) in [6, 6.07) is 3.11. The molecule has 1 aromatic carbocycles. The summed E-state index contributed by atoms with van der Waals surface area (Å²) in [5.74, 6) is -0.129. The zero-order chi connectivity index (χ0) is 21.1. The zero-order valence-electron chi connectivity index (χ0n) is 15.8. The Kier molecular flexibility index (Phi) is 6.47. The summed E-state index contributed by atoms with van der Waals surface area (Å²) in [5.41, 5.74) is -1.17. The van der Waals surface area contributed by atoms with E-state index < -0.39 is 43.3 Å². The number of carbonyl (C=O) groups is 1. The van der Waals surface area contributed by atoms with Crippen LogP contribution in [-0.4, -0.2) is 62.3 Å². The molecule has 0 radical (unpaired) electrons. The second-order valence-corrected chi connectivity index (χ2v) is 8.72. The first-order valence-corrected chi connectivity index (χ1v) is 9.95. The predicted molar refractivity (Wildman–Crippen MR) is 97.5 cm³/mol. The van der Waals surface area contributed by atoms with Crippen LogP contribution in [0.2, 0.25) is 0 Å². The minimum atomic E-state index is -4.09. The topological polar surface area (TPSA) is 151 Å². The van der Waals surface area contributed by atoms with Gasteiger partial charge in [-0.25, -0.2) is 18.4 Å². The Labute approximate surface area is 162 Å². The number of sulfonamides is 1. The van der Waals surface area contributed by atoms with E-state index in [1.54, 1.807) is 20.8 Å². The fraction of sp³-hybridized carbons (Fsp3) is 0.562. The molecule has 12 heteroatoms. The second kappa shape index (κ2) is 8.29. The van der Waals surface area contributed by atoms with Gasteiger partial charge in [0.2, 0.25) is 10.0 Å². The van der Waals surface area contributed by atoms with Gasteiger partial charge in [0.05, 0.1) is 23.0 Å². The van der Waals surface area contributed by atoms with Crippen molar-refractivity contribution in [2.45, 2.75) is 37.4 Å². The number of ether oxygens (including phenoxy) is 3. The van der Waals surface area contributed by atoms with Gasteiger partial charge in [-0.3, -0.25) is 10.1 Å². The average Bonchev–Trinajstić information content (AvgIpc) is 2.57. The van der Waals surface area contributed by atoms with E-state index in [1.165, 1.54) is 4.90 Å². The molecule has 0 aromatic heterocycles. The lowest BCUT2D eigenvalue weighted by Crippen LogP contribution is -2.49. The molecule has 2 N–H and O–H groups in total. The van der Waals surface area contributed by atoms with Crippen molar-refractivity contribution in [3.8, 4) is 5.75 Å². The standard InChI is InChI=1S/C16H23N3O8S/c1-16(2,3)27-15(20)18-6-7-25-11(9-18)10-26-14-5-4-12(28(17,23)24)8-13(14)19(21)22/h4-5,8,11H,6-7,9-10H2,1-3H3,(H2,17,23,24). The number of carbonyl (C=O) groups excluding carboxylic acids is 1. The number of morpholine rings is 1. The van der Waals surface area contributed by atoms with Gasteiger partial charge < -0.3 is 19.1 Å². The van der Waals surface area contributed by atoms with Crippen LogP contribution in [0, 0.1) is 10.1 Å². The molecule has 1 atom stereocenters. The van der Waals surface area contributed by atoms with Gasteiger partial charge in [0.25, 0.3) is 0 Å². The van der Waals surface area contributed by atoms with Gasteiger partial charge in [-0.2, -0.15) is 0 Å².